The molecule has 0 aliphatic carbocycles. The van der Waals surface area contributed by atoms with Crippen LogP contribution in [0.5, 0.6) is 0 Å². The van der Waals surface area contributed by atoms with Crippen molar-refractivity contribution >= 4 is 39.8 Å². The van der Waals surface area contributed by atoms with Crippen molar-refractivity contribution in [3.8, 4) is 0 Å². The van der Waals surface area contributed by atoms with Crippen LogP contribution in [0, 0.1) is 5.92 Å². The Balaban J connectivity index is 2.33. The molecule has 1 saturated heterocycles. The number of anilines is 2. The van der Waals surface area contributed by atoms with E-state index in [4.69, 9.17) is 10.5 Å². The second kappa shape index (κ2) is 6.05. The minimum absolute atomic E-state index is 0.307. The second-order valence-corrected chi connectivity index (χ2v) is 6.56. The minimum Gasteiger partial charge on any atom is -0.462 e. The van der Waals surface area contributed by atoms with Crippen LogP contribution in [0.4, 0.5) is 10.7 Å². The summed E-state index contributed by atoms with van der Waals surface area (Å²) in [7, 11) is 0. The number of nitrogens with zero attached hydrogens (tertiary/aromatic N) is 1. The Kier molecular flexibility index (Phi) is 4.62. The van der Waals surface area contributed by atoms with Crippen molar-refractivity contribution in [2.75, 3.05) is 36.6 Å². The average molecular weight is 300 g/mol. The van der Waals surface area contributed by atoms with Gasteiger partial charge in [0.15, 0.2) is 0 Å². The first kappa shape index (κ1) is 14.5. The van der Waals surface area contributed by atoms with E-state index in [-0.39, 0.29) is 5.97 Å². The van der Waals surface area contributed by atoms with Gasteiger partial charge in [0, 0.05) is 13.1 Å². The molecule has 0 spiro atoms. The predicted molar refractivity (Wildman–Crippen MR) is 82.5 cm³/mol. The molecule has 4 nitrogen and oxygen atoms in total. The van der Waals surface area contributed by atoms with Crippen molar-refractivity contribution in [1.82, 2.24) is 0 Å². The van der Waals surface area contributed by atoms with E-state index in [1.54, 1.807) is 18.7 Å². The van der Waals surface area contributed by atoms with Crippen LogP contribution in [0.3, 0.4) is 0 Å². The summed E-state index contributed by atoms with van der Waals surface area (Å²) in [6.07, 6.45) is 3.19. The Hall–Kier alpha value is -0.880. The van der Waals surface area contributed by atoms with E-state index in [1.165, 1.54) is 17.8 Å². The fraction of sp³-hybridized carbons (Fsp3) is 0.615. The SMILES string of the molecule is CCOC(=O)c1sc(N2CCC(C)C2)c(SC)c1N. The Morgan fingerprint density at radius 1 is 1.63 bits per heavy atom. The molecule has 0 saturated carbocycles. The van der Waals surface area contributed by atoms with Gasteiger partial charge in [0.05, 0.1) is 17.2 Å². The van der Waals surface area contributed by atoms with Crippen molar-refractivity contribution in [1.29, 1.82) is 0 Å². The molecular formula is C13H20N2O2S2. The smallest absolute Gasteiger partial charge is 0.350 e. The molecule has 2 N–H and O–H groups in total. The third-order valence-corrected chi connectivity index (χ3v) is 5.46. The third kappa shape index (κ3) is 2.84. The molecule has 1 unspecified atom stereocenters. The van der Waals surface area contributed by atoms with Gasteiger partial charge in [-0.15, -0.1) is 23.1 Å². The van der Waals surface area contributed by atoms with Gasteiger partial charge in [0.25, 0.3) is 0 Å². The van der Waals surface area contributed by atoms with E-state index < -0.39 is 0 Å². The molecule has 1 fully saturated rings. The molecule has 2 heterocycles. The first-order chi connectivity index (χ1) is 9.08. The van der Waals surface area contributed by atoms with Crippen molar-refractivity contribution in [3.63, 3.8) is 0 Å². The van der Waals surface area contributed by atoms with Crippen LogP contribution < -0.4 is 10.6 Å². The van der Waals surface area contributed by atoms with Crippen LogP contribution in [-0.4, -0.2) is 31.9 Å². The zero-order chi connectivity index (χ0) is 14.0. The number of ether oxygens (including phenoxy) is 1. The number of hydrogen-bond acceptors (Lipinski definition) is 6. The number of thioether (sulfide) groups is 1. The van der Waals surface area contributed by atoms with Crippen molar-refractivity contribution < 1.29 is 9.53 Å². The van der Waals surface area contributed by atoms with Gasteiger partial charge in [-0.1, -0.05) is 6.92 Å². The van der Waals surface area contributed by atoms with E-state index in [1.807, 2.05) is 6.26 Å². The Labute approximate surface area is 122 Å². The predicted octanol–water partition coefficient (Wildman–Crippen LogP) is 3.08. The van der Waals surface area contributed by atoms with Crippen LogP contribution in [0.15, 0.2) is 4.90 Å². The maximum Gasteiger partial charge on any atom is 0.350 e. The molecular weight excluding hydrogens is 280 g/mol. The first-order valence-electron chi connectivity index (χ1n) is 6.46. The first-order valence-corrected chi connectivity index (χ1v) is 8.50. The summed E-state index contributed by atoms with van der Waals surface area (Å²) < 4.78 is 5.07. The molecule has 1 aromatic heterocycles. The van der Waals surface area contributed by atoms with Gasteiger partial charge in [-0.25, -0.2) is 4.79 Å². The highest BCUT2D eigenvalue weighted by Crippen LogP contribution is 2.45. The van der Waals surface area contributed by atoms with Gasteiger partial charge in [-0.3, -0.25) is 0 Å². The van der Waals surface area contributed by atoms with E-state index >= 15 is 0 Å². The van der Waals surface area contributed by atoms with Crippen molar-refractivity contribution in [2.24, 2.45) is 5.92 Å². The van der Waals surface area contributed by atoms with E-state index in [2.05, 4.69) is 11.8 Å². The zero-order valence-electron chi connectivity index (χ0n) is 11.6. The summed E-state index contributed by atoms with van der Waals surface area (Å²) in [6.45, 7) is 6.51. The van der Waals surface area contributed by atoms with Crippen LogP contribution in [0.1, 0.15) is 29.9 Å². The van der Waals surface area contributed by atoms with E-state index in [0.29, 0.717) is 23.1 Å². The quantitative estimate of drug-likeness (QED) is 0.684. The average Bonchev–Trinajstić information content (AvgIpc) is 2.93. The maximum atomic E-state index is 11.9. The van der Waals surface area contributed by atoms with Crippen LogP contribution in [-0.2, 0) is 4.74 Å². The standard InChI is InChI=1S/C13H20N2O2S2/c1-4-17-13(16)11-9(14)10(18-3)12(19-11)15-6-5-8(2)7-15/h8H,4-7,14H2,1-3H3. The van der Waals surface area contributed by atoms with E-state index in [9.17, 15) is 4.79 Å². The van der Waals surface area contributed by atoms with Gasteiger partial charge in [0.1, 0.15) is 9.88 Å². The van der Waals surface area contributed by atoms with Gasteiger partial charge >= 0.3 is 5.97 Å². The number of rotatable bonds is 4. The Bertz CT molecular complexity index is 473. The summed E-state index contributed by atoms with van der Waals surface area (Å²) >= 11 is 3.07. The molecule has 1 aliphatic rings. The number of nitrogens with two attached hydrogens (primary N) is 1. The molecule has 0 bridgehead atoms. The summed E-state index contributed by atoms with van der Waals surface area (Å²) in [5.74, 6) is 0.392. The molecule has 2 rings (SSSR count). The summed E-state index contributed by atoms with van der Waals surface area (Å²) in [5, 5.41) is 1.12. The topological polar surface area (TPSA) is 55.6 Å². The number of hydrogen-bond donors (Lipinski definition) is 1. The fourth-order valence-corrected chi connectivity index (χ4v) is 4.40. The molecule has 106 valence electrons. The molecule has 0 amide bonds. The number of thiophene rings is 1. The normalized spacial score (nSPS) is 18.9. The molecule has 0 aromatic carbocycles. The van der Waals surface area contributed by atoms with Crippen LogP contribution >= 0.6 is 23.1 Å². The summed E-state index contributed by atoms with van der Waals surface area (Å²) in [6, 6.07) is 0. The molecule has 1 aromatic rings. The molecule has 6 heteroatoms. The molecule has 1 atom stereocenters. The Morgan fingerprint density at radius 3 is 2.89 bits per heavy atom. The lowest BCUT2D eigenvalue weighted by Crippen LogP contribution is -2.18. The van der Waals surface area contributed by atoms with Gasteiger partial charge in [-0.2, -0.15) is 0 Å². The lowest BCUT2D eigenvalue weighted by Gasteiger charge is -2.17. The minimum atomic E-state index is -0.307. The number of esters is 1. The van der Waals surface area contributed by atoms with Crippen molar-refractivity contribution in [2.45, 2.75) is 25.2 Å². The zero-order valence-corrected chi connectivity index (χ0v) is 13.2. The monoisotopic (exact) mass is 300 g/mol. The van der Waals surface area contributed by atoms with Gasteiger partial charge < -0.3 is 15.4 Å². The maximum absolute atomic E-state index is 11.9. The molecule has 19 heavy (non-hydrogen) atoms. The number of carbonyl (C=O) groups excluding carboxylic acids is 1. The third-order valence-electron chi connectivity index (χ3n) is 3.26. The summed E-state index contributed by atoms with van der Waals surface area (Å²) in [4.78, 5) is 15.8. The second-order valence-electron chi connectivity index (χ2n) is 4.74. The van der Waals surface area contributed by atoms with Crippen LogP contribution in [0.25, 0.3) is 0 Å². The van der Waals surface area contributed by atoms with Gasteiger partial charge in [0.2, 0.25) is 0 Å². The van der Waals surface area contributed by atoms with E-state index in [0.717, 1.165) is 23.0 Å². The molecule has 0 radical (unpaired) electrons. The lowest BCUT2D eigenvalue weighted by molar-refractivity contribution is 0.0533. The highest BCUT2D eigenvalue weighted by molar-refractivity contribution is 7.99. The van der Waals surface area contributed by atoms with Crippen molar-refractivity contribution in [3.05, 3.63) is 4.88 Å². The lowest BCUT2D eigenvalue weighted by atomic mass is 10.2. The highest BCUT2D eigenvalue weighted by atomic mass is 32.2. The molecule has 1 aliphatic heterocycles. The number of carbonyl (C=O) groups is 1. The van der Waals surface area contributed by atoms with Crippen LogP contribution in [0.2, 0.25) is 0 Å². The largest absolute Gasteiger partial charge is 0.462 e. The fourth-order valence-electron chi connectivity index (χ4n) is 2.29. The Morgan fingerprint density at radius 2 is 2.37 bits per heavy atom. The number of nitrogen functional groups attached to an aromatic ring is 1. The highest BCUT2D eigenvalue weighted by Gasteiger charge is 2.28. The van der Waals surface area contributed by atoms with Gasteiger partial charge in [-0.05, 0) is 25.5 Å². The summed E-state index contributed by atoms with van der Waals surface area (Å²) in [5.41, 5.74) is 6.68.